The number of thiophene rings is 1. The summed E-state index contributed by atoms with van der Waals surface area (Å²) in [5, 5.41) is 14.4. The van der Waals surface area contributed by atoms with Gasteiger partial charge in [-0.15, -0.1) is 11.3 Å². The zero-order valence-corrected chi connectivity index (χ0v) is 15.0. The number of nitrogens with one attached hydrogen (secondary N) is 1. The molecule has 1 aromatic heterocycles. The second-order valence-electron chi connectivity index (χ2n) is 5.79. The van der Waals surface area contributed by atoms with Gasteiger partial charge in [-0.2, -0.15) is 0 Å². The van der Waals surface area contributed by atoms with Crippen LogP contribution in [0.2, 0.25) is 0 Å². The van der Waals surface area contributed by atoms with Crippen molar-refractivity contribution in [1.82, 2.24) is 0 Å². The fraction of sp³-hybridized carbons (Fsp3) is 0.353. The molecule has 128 valence electrons. The highest BCUT2D eigenvalue weighted by atomic mass is 32.2. The van der Waals surface area contributed by atoms with E-state index in [1.807, 2.05) is 5.38 Å². The molecule has 0 bridgehead atoms. The number of phenols is 1. The number of carbonyl (C=O) groups excluding carboxylic acids is 1. The molecule has 0 saturated carbocycles. The number of fused-ring (bicyclic) bond motifs is 1. The van der Waals surface area contributed by atoms with Crippen molar-refractivity contribution < 1.29 is 18.3 Å². The van der Waals surface area contributed by atoms with Crippen molar-refractivity contribution in [2.75, 3.05) is 11.1 Å². The van der Waals surface area contributed by atoms with E-state index in [2.05, 4.69) is 5.32 Å². The summed E-state index contributed by atoms with van der Waals surface area (Å²) in [6, 6.07) is 3.95. The van der Waals surface area contributed by atoms with Crippen LogP contribution in [0.4, 0.5) is 5.69 Å². The largest absolute Gasteiger partial charge is 0.506 e. The maximum Gasteiger partial charge on any atom is 0.256 e. The minimum atomic E-state index is -3.40. The zero-order valence-electron chi connectivity index (χ0n) is 13.3. The van der Waals surface area contributed by atoms with Crippen molar-refractivity contribution in [3.05, 3.63) is 39.6 Å². The van der Waals surface area contributed by atoms with Crippen LogP contribution in [0.25, 0.3) is 0 Å². The van der Waals surface area contributed by atoms with Crippen molar-refractivity contribution in [1.29, 1.82) is 0 Å². The Morgan fingerprint density at radius 1 is 1.29 bits per heavy atom. The number of rotatable bonds is 4. The molecule has 2 N–H and O–H groups in total. The van der Waals surface area contributed by atoms with Crippen LogP contribution >= 0.6 is 11.3 Å². The Balaban J connectivity index is 1.90. The number of anilines is 1. The zero-order chi connectivity index (χ0) is 17.3. The fourth-order valence-electron chi connectivity index (χ4n) is 2.85. The van der Waals surface area contributed by atoms with Gasteiger partial charge in [-0.3, -0.25) is 4.79 Å². The molecule has 0 fully saturated rings. The summed E-state index contributed by atoms with van der Waals surface area (Å²) in [5.74, 6) is -0.498. The lowest BCUT2D eigenvalue weighted by molar-refractivity contribution is 0.102. The molecule has 5 nitrogen and oxygen atoms in total. The molecule has 0 saturated heterocycles. The van der Waals surface area contributed by atoms with Crippen molar-refractivity contribution in [3.8, 4) is 5.75 Å². The Bertz CT molecular complexity index is 884. The Morgan fingerprint density at radius 3 is 2.79 bits per heavy atom. The number of hydrogen-bond donors (Lipinski definition) is 2. The van der Waals surface area contributed by atoms with Crippen molar-refractivity contribution in [3.63, 3.8) is 0 Å². The molecule has 1 aliphatic carbocycles. The SMILES string of the molecule is CCS(=O)(=O)c1ccc(O)c(NC(=O)c2csc3c2CCCC3)c1. The van der Waals surface area contributed by atoms with Gasteiger partial charge in [-0.1, -0.05) is 6.92 Å². The van der Waals surface area contributed by atoms with Gasteiger partial charge < -0.3 is 10.4 Å². The van der Waals surface area contributed by atoms with Gasteiger partial charge in [0.05, 0.1) is 21.9 Å². The molecular weight excluding hydrogens is 346 g/mol. The topological polar surface area (TPSA) is 83.5 Å². The third kappa shape index (κ3) is 3.18. The molecular formula is C17H19NO4S2. The first kappa shape index (κ1) is 17.0. The number of aromatic hydroxyl groups is 1. The molecule has 1 aromatic carbocycles. The van der Waals surface area contributed by atoms with Gasteiger partial charge >= 0.3 is 0 Å². The lowest BCUT2D eigenvalue weighted by Crippen LogP contribution is -2.15. The summed E-state index contributed by atoms with van der Waals surface area (Å²) in [7, 11) is -3.40. The number of amides is 1. The number of aryl methyl sites for hydroxylation is 1. The van der Waals surface area contributed by atoms with Crippen molar-refractivity contribution >= 4 is 32.8 Å². The highest BCUT2D eigenvalue weighted by Gasteiger charge is 2.21. The van der Waals surface area contributed by atoms with E-state index >= 15 is 0 Å². The fourth-order valence-corrected chi connectivity index (χ4v) is 4.88. The summed E-state index contributed by atoms with van der Waals surface area (Å²) in [5.41, 5.74) is 1.82. The van der Waals surface area contributed by atoms with Gasteiger partial charge in [-0.05, 0) is 49.4 Å². The minimum Gasteiger partial charge on any atom is -0.506 e. The highest BCUT2D eigenvalue weighted by Crippen LogP contribution is 2.32. The van der Waals surface area contributed by atoms with E-state index in [1.54, 1.807) is 18.3 Å². The molecule has 0 atom stereocenters. The molecule has 0 radical (unpaired) electrons. The predicted molar refractivity (Wildman–Crippen MR) is 94.7 cm³/mol. The van der Waals surface area contributed by atoms with Gasteiger partial charge in [0.1, 0.15) is 5.75 Å². The van der Waals surface area contributed by atoms with E-state index in [-0.39, 0.29) is 28.0 Å². The average Bonchev–Trinajstić information content (AvgIpc) is 3.00. The van der Waals surface area contributed by atoms with Gasteiger partial charge in [0.2, 0.25) is 0 Å². The van der Waals surface area contributed by atoms with E-state index in [4.69, 9.17) is 0 Å². The van der Waals surface area contributed by atoms with Crippen LogP contribution in [0, 0.1) is 0 Å². The maximum atomic E-state index is 12.6. The molecule has 3 rings (SSSR count). The van der Waals surface area contributed by atoms with Gasteiger partial charge in [0, 0.05) is 10.3 Å². The van der Waals surface area contributed by atoms with Crippen LogP contribution in [0.3, 0.4) is 0 Å². The lowest BCUT2D eigenvalue weighted by Gasteiger charge is -2.13. The monoisotopic (exact) mass is 365 g/mol. The molecule has 24 heavy (non-hydrogen) atoms. The maximum absolute atomic E-state index is 12.6. The number of hydrogen-bond acceptors (Lipinski definition) is 5. The summed E-state index contributed by atoms with van der Waals surface area (Å²) in [4.78, 5) is 13.9. The van der Waals surface area contributed by atoms with Crippen molar-refractivity contribution in [2.45, 2.75) is 37.5 Å². The molecule has 1 amide bonds. The number of carbonyl (C=O) groups is 1. The summed E-state index contributed by atoms with van der Waals surface area (Å²) < 4.78 is 24.0. The number of sulfone groups is 1. The van der Waals surface area contributed by atoms with E-state index in [1.165, 1.54) is 23.1 Å². The Hall–Kier alpha value is -1.86. The van der Waals surface area contributed by atoms with Gasteiger partial charge in [0.15, 0.2) is 9.84 Å². The van der Waals surface area contributed by atoms with E-state index in [9.17, 15) is 18.3 Å². The summed E-state index contributed by atoms with van der Waals surface area (Å²) >= 11 is 1.59. The number of phenolic OH excluding ortho intramolecular Hbond substituents is 1. The van der Waals surface area contributed by atoms with Crippen LogP contribution in [0.1, 0.15) is 40.6 Å². The smallest absolute Gasteiger partial charge is 0.256 e. The Labute approximate surface area is 145 Å². The van der Waals surface area contributed by atoms with E-state index in [0.717, 1.165) is 31.2 Å². The number of benzene rings is 1. The predicted octanol–water partition coefficient (Wildman–Crippen LogP) is 3.38. The standard InChI is InChI=1S/C17H19NO4S2/c1-2-24(21,22)11-7-8-15(19)14(9-11)18-17(20)13-10-23-16-6-4-3-5-12(13)16/h7-10,19H,2-6H2,1H3,(H,18,20). The lowest BCUT2D eigenvalue weighted by atomic mass is 9.95. The molecule has 0 spiro atoms. The second-order valence-corrected chi connectivity index (χ2v) is 9.04. The first-order valence-electron chi connectivity index (χ1n) is 7.88. The van der Waals surface area contributed by atoms with E-state index in [0.29, 0.717) is 5.56 Å². The van der Waals surface area contributed by atoms with Crippen LogP contribution in [-0.2, 0) is 22.7 Å². The van der Waals surface area contributed by atoms with Gasteiger partial charge in [-0.25, -0.2) is 8.42 Å². The normalized spacial score (nSPS) is 14.2. The van der Waals surface area contributed by atoms with Crippen LogP contribution in [-0.4, -0.2) is 25.2 Å². The molecule has 1 aliphatic rings. The summed E-state index contributed by atoms with van der Waals surface area (Å²) in [6.07, 6.45) is 4.10. The van der Waals surface area contributed by atoms with Gasteiger partial charge in [0.25, 0.3) is 5.91 Å². The third-order valence-electron chi connectivity index (χ3n) is 4.26. The summed E-state index contributed by atoms with van der Waals surface area (Å²) in [6.45, 7) is 1.55. The molecule has 2 aromatic rings. The quantitative estimate of drug-likeness (QED) is 0.814. The highest BCUT2D eigenvalue weighted by molar-refractivity contribution is 7.91. The van der Waals surface area contributed by atoms with E-state index < -0.39 is 9.84 Å². The van der Waals surface area contributed by atoms with Crippen LogP contribution in [0.15, 0.2) is 28.5 Å². The average molecular weight is 365 g/mol. The molecule has 1 heterocycles. The molecule has 7 heteroatoms. The Morgan fingerprint density at radius 2 is 2.04 bits per heavy atom. The molecule has 0 unspecified atom stereocenters. The first-order valence-corrected chi connectivity index (χ1v) is 10.4. The second kappa shape index (κ2) is 6.57. The van der Waals surface area contributed by atoms with Crippen LogP contribution < -0.4 is 5.32 Å². The van der Waals surface area contributed by atoms with Crippen molar-refractivity contribution in [2.24, 2.45) is 0 Å². The third-order valence-corrected chi connectivity index (χ3v) is 7.08. The Kier molecular flexibility index (Phi) is 4.64. The van der Waals surface area contributed by atoms with Crippen LogP contribution in [0.5, 0.6) is 5.75 Å². The first-order chi connectivity index (χ1) is 11.4. The minimum absolute atomic E-state index is 0.0385. The molecule has 0 aliphatic heterocycles.